The van der Waals surface area contributed by atoms with Crippen molar-refractivity contribution in [3.8, 4) is 17.6 Å². The lowest BCUT2D eigenvalue weighted by Crippen LogP contribution is -2.45. The number of benzene rings is 1. The van der Waals surface area contributed by atoms with Crippen molar-refractivity contribution in [2.75, 3.05) is 44.6 Å². The van der Waals surface area contributed by atoms with E-state index in [2.05, 4.69) is 70.2 Å². The van der Waals surface area contributed by atoms with E-state index in [1.807, 2.05) is 6.07 Å². The second-order valence-corrected chi connectivity index (χ2v) is 11.6. The molecule has 0 aromatic heterocycles. The van der Waals surface area contributed by atoms with Gasteiger partial charge in [0.2, 0.25) is 0 Å². The Morgan fingerprint density at radius 2 is 1.72 bits per heavy atom. The third-order valence-corrected chi connectivity index (χ3v) is 8.38. The van der Waals surface area contributed by atoms with Crippen LogP contribution in [0.3, 0.4) is 0 Å². The van der Waals surface area contributed by atoms with Crippen LogP contribution in [-0.4, -0.2) is 56.3 Å². The SMILES string of the molecule is COc1cc2c(c(OC)c1N)C(C)=CC(C)(C)N2CCCCOP(OCCC#N)N(C(C)C)C(C)C. The molecule has 1 aliphatic rings. The predicted molar refractivity (Wildman–Crippen MR) is 149 cm³/mol. The number of methoxy groups -OCH3 is 2. The highest BCUT2D eigenvalue weighted by molar-refractivity contribution is 7.44. The molecule has 9 heteroatoms. The van der Waals surface area contributed by atoms with Crippen LogP contribution < -0.4 is 20.1 Å². The van der Waals surface area contributed by atoms with Gasteiger partial charge in [-0.3, -0.25) is 0 Å². The maximum atomic E-state index is 8.91. The van der Waals surface area contributed by atoms with Gasteiger partial charge in [0, 0.05) is 30.3 Å². The number of unbranched alkanes of at least 4 members (excludes halogenated alkanes) is 1. The summed E-state index contributed by atoms with van der Waals surface area (Å²) in [6.07, 6.45) is 4.46. The van der Waals surface area contributed by atoms with Crippen LogP contribution in [0.4, 0.5) is 11.4 Å². The summed E-state index contributed by atoms with van der Waals surface area (Å²) < 4.78 is 25.8. The van der Waals surface area contributed by atoms with Gasteiger partial charge in [-0.05, 0) is 66.9 Å². The molecule has 2 N–H and O–H groups in total. The molecule has 2 rings (SSSR count). The average Bonchev–Trinajstić information content (AvgIpc) is 2.79. The molecule has 1 aliphatic heterocycles. The second-order valence-electron chi connectivity index (χ2n) is 10.1. The molecule has 36 heavy (non-hydrogen) atoms. The molecule has 0 fully saturated rings. The van der Waals surface area contributed by atoms with Gasteiger partial charge in [-0.15, -0.1) is 0 Å². The van der Waals surface area contributed by atoms with Crippen molar-refractivity contribution in [3.63, 3.8) is 0 Å². The standard InChI is InChI=1S/C27H45N4O4P/c1-19(2)31(20(3)4)36(35-16-12-13-28)34-15-11-10-14-30-22-17-23(32-8)25(29)26(33-9)24(22)21(5)18-27(30,6)7/h17-20H,10-12,14-16,29H2,1-9H3. The molecule has 0 saturated carbocycles. The Hall–Kier alpha value is -2.04. The largest absolute Gasteiger partial charge is 0.494 e. The van der Waals surface area contributed by atoms with Crippen molar-refractivity contribution in [1.82, 2.24) is 4.67 Å². The third-order valence-electron chi connectivity index (χ3n) is 6.28. The van der Waals surface area contributed by atoms with Crippen LogP contribution in [0.5, 0.6) is 11.5 Å². The Kier molecular flexibility index (Phi) is 11.3. The average molecular weight is 521 g/mol. The number of nitrogens with two attached hydrogens (primary N) is 1. The summed E-state index contributed by atoms with van der Waals surface area (Å²) in [5.41, 5.74) is 9.91. The summed E-state index contributed by atoms with van der Waals surface area (Å²) in [5.74, 6) is 1.27. The second kappa shape index (κ2) is 13.5. The number of nitriles is 1. The molecule has 0 radical (unpaired) electrons. The normalized spacial score (nSPS) is 15.6. The van der Waals surface area contributed by atoms with Gasteiger partial charge in [-0.2, -0.15) is 5.26 Å². The van der Waals surface area contributed by atoms with Gasteiger partial charge in [0.25, 0.3) is 8.53 Å². The molecule has 8 nitrogen and oxygen atoms in total. The maximum Gasteiger partial charge on any atom is 0.259 e. The van der Waals surface area contributed by atoms with Crippen LogP contribution >= 0.6 is 8.53 Å². The lowest BCUT2D eigenvalue weighted by Gasteiger charge is -2.44. The number of fused-ring (bicyclic) bond motifs is 1. The first-order chi connectivity index (χ1) is 17.0. The van der Waals surface area contributed by atoms with Crippen molar-refractivity contribution in [3.05, 3.63) is 17.7 Å². The quantitative estimate of drug-likeness (QED) is 0.172. The molecular weight excluding hydrogens is 475 g/mol. The number of nitrogens with zero attached hydrogens (tertiary/aromatic N) is 3. The van der Waals surface area contributed by atoms with Gasteiger partial charge in [-0.1, -0.05) is 6.08 Å². The fraction of sp³-hybridized carbons (Fsp3) is 0.667. The molecule has 0 spiro atoms. The zero-order valence-electron chi connectivity index (χ0n) is 23.6. The fourth-order valence-corrected chi connectivity index (χ4v) is 6.47. The molecule has 0 aliphatic carbocycles. The van der Waals surface area contributed by atoms with Crippen LogP contribution in [0.25, 0.3) is 5.57 Å². The smallest absolute Gasteiger partial charge is 0.259 e. The summed E-state index contributed by atoms with van der Waals surface area (Å²) in [4.78, 5) is 2.39. The molecule has 0 amide bonds. The van der Waals surface area contributed by atoms with Crippen molar-refractivity contribution >= 4 is 25.5 Å². The number of nitrogen functional groups attached to an aromatic ring is 1. The minimum Gasteiger partial charge on any atom is -0.494 e. The summed E-state index contributed by atoms with van der Waals surface area (Å²) >= 11 is 0. The summed E-state index contributed by atoms with van der Waals surface area (Å²) in [6, 6.07) is 4.74. The zero-order valence-corrected chi connectivity index (χ0v) is 24.4. The van der Waals surface area contributed by atoms with Crippen molar-refractivity contribution in [2.45, 2.75) is 85.4 Å². The van der Waals surface area contributed by atoms with Gasteiger partial charge >= 0.3 is 0 Å². The molecule has 0 saturated heterocycles. The third kappa shape index (κ3) is 7.04. The number of allylic oxidation sites excluding steroid dienone is 1. The van der Waals surface area contributed by atoms with Crippen molar-refractivity contribution in [1.29, 1.82) is 5.26 Å². The van der Waals surface area contributed by atoms with E-state index in [1.165, 1.54) is 0 Å². The Morgan fingerprint density at radius 3 is 2.28 bits per heavy atom. The van der Waals surface area contributed by atoms with Crippen LogP contribution in [0.15, 0.2) is 12.1 Å². The Balaban J connectivity index is 2.13. The number of hydrogen-bond donors (Lipinski definition) is 1. The van der Waals surface area contributed by atoms with Gasteiger partial charge in [0.05, 0.1) is 51.1 Å². The number of anilines is 2. The first-order valence-electron chi connectivity index (χ1n) is 12.7. The highest BCUT2D eigenvalue weighted by atomic mass is 31.2. The Labute approximate surface area is 219 Å². The monoisotopic (exact) mass is 520 g/mol. The number of hydrogen-bond acceptors (Lipinski definition) is 8. The van der Waals surface area contributed by atoms with E-state index in [9.17, 15) is 0 Å². The van der Waals surface area contributed by atoms with Crippen molar-refractivity contribution < 1.29 is 18.5 Å². The van der Waals surface area contributed by atoms with Gasteiger partial charge in [-0.25, -0.2) is 4.67 Å². The first kappa shape index (κ1) is 30.2. The predicted octanol–water partition coefficient (Wildman–Crippen LogP) is 6.36. The van der Waals surface area contributed by atoms with Crippen molar-refractivity contribution in [2.24, 2.45) is 0 Å². The fourth-order valence-electron chi connectivity index (χ4n) is 4.84. The van der Waals surface area contributed by atoms with E-state index in [4.69, 9.17) is 29.5 Å². The van der Waals surface area contributed by atoms with E-state index in [1.54, 1.807) is 14.2 Å². The van der Waals surface area contributed by atoms with Crippen LogP contribution in [0.2, 0.25) is 0 Å². The summed E-state index contributed by atoms with van der Waals surface area (Å²) in [6.45, 7) is 16.9. The lowest BCUT2D eigenvalue weighted by atomic mass is 9.87. The minimum atomic E-state index is -1.22. The zero-order chi connectivity index (χ0) is 27.0. The Morgan fingerprint density at radius 1 is 1.08 bits per heavy atom. The number of ether oxygens (including phenoxy) is 2. The molecule has 0 bridgehead atoms. The molecule has 1 unspecified atom stereocenters. The molecular formula is C27H45N4O4P. The van der Waals surface area contributed by atoms with Gasteiger partial charge < -0.3 is 29.2 Å². The first-order valence-corrected chi connectivity index (χ1v) is 13.9. The lowest BCUT2D eigenvalue weighted by molar-refractivity contribution is 0.174. The van der Waals surface area contributed by atoms with E-state index >= 15 is 0 Å². The summed E-state index contributed by atoms with van der Waals surface area (Å²) in [5, 5.41) is 8.91. The Bertz CT molecular complexity index is 935. The minimum absolute atomic E-state index is 0.177. The molecule has 1 aromatic rings. The van der Waals surface area contributed by atoms with E-state index in [0.29, 0.717) is 36.8 Å². The molecule has 202 valence electrons. The highest BCUT2D eigenvalue weighted by Gasteiger charge is 2.34. The van der Waals surface area contributed by atoms with E-state index in [0.717, 1.165) is 36.2 Å². The molecule has 1 heterocycles. The van der Waals surface area contributed by atoms with E-state index < -0.39 is 8.53 Å². The van der Waals surface area contributed by atoms with Gasteiger partial charge in [0.15, 0.2) is 5.75 Å². The molecule has 1 aromatic carbocycles. The van der Waals surface area contributed by atoms with E-state index in [-0.39, 0.29) is 17.6 Å². The number of rotatable bonds is 14. The van der Waals surface area contributed by atoms with Crippen LogP contribution in [0, 0.1) is 11.3 Å². The van der Waals surface area contributed by atoms with Gasteiger partial charge in [0.1, 0.15) is 11.4 Å². The molecule has 1 atom stereocenters. The maximum absolute atomic E-state index is 8.91. The van der Waals surface area contributed by atoms with Crippen LogP contribution in [0.1, 0.15) is 73.3 Å². The highest BCUT2D eigenvalue weighted by Crippen LogP contribution is 2.50. The summed E-state index contributed by atoms with van der Waals surface area (Å²) in [7, 11) is 2.06. The topological polar surface area (TPSA) is 93.2 Å². The van der Waals surface area contributed by atoms with Crippen LogP contribution in [-0.2, 0) is 9.05 Å².